The summed E-state index contributed by atoms with van der Waals surface area (Å²) >= 11 is 0. The first-order valence-electron chi connectivity index (χ1n) is 6.05. The second kappa shape index (κ2) is 5.53. The number of anilines is 1. The van der Waals surface area contributed by atoms with E-state index in [1.54, 1.807) is 7.05 Å². The highest BCUT2D eigenvalue weighted by Gasteiger charge is 2.09. The molecule has 0 aliphatic carbocycles. The van der Waals surface area contributed by atoms with Crippen LogP contribution in [0.25, 0.3) is 0 Å². The second-order valence-electron chi connectivity index (χ2n) is 4.62. The number of carbonyl (C=O) groups excluding carboxylic acids is 1. The van der Waals surface area contributed by atoms with Crippen molar-refractivity contribution in [3.63, 3.8) is 0 Å². The maximum absolute atomic E-state index is 12.0. The van der Waals surface area contributed by atoms with Gasteiger partial charge in [-0.2, -0.15) is 0 Å². The van der Waals surface area contributed by atoms with Gasteiger partial charge >= 0.3 is 0 Å². The molecular weight excluding hydrogens is 292 g/mol. The van der Waals surface area contributed by atoms with E-state index in [2.05, 4.69) is 5.32 Å². The summed E-state index contributed by atoms with van der Waals surface area (Å²) in [5.74, 6) is -0.377. The molecule has 0 fully saturated rings. The van der Waals surface area contributed by atoms with Gasteiger partial charge in [0, 0.05) is 31.3 Å². The standard InChI is InChI=1S/C14H14N2O4S/c1-16-9-10(3-8-13(16)17)14(18)15-11-4-6-12(7-5-11)21(2,19)20/h3-9H,1-2H3,(H,15,18). The number of benzene rings is 1. The van der Waals surface area contributed by atoms with Crippen LogP contribution in [0, 0.1) is 0 Å². The van der Waals surface area contributed by atoms with Gasteiger partial charge in [-0.05, 0) is 30.3 Å². The van der Waals surface area contributed by atoms with E-state index in [-0.39, 0.29) is 16.4 Å². The fourth-order valence-corrected chi connectivity index (χ4v) is 2.35. The van der Waals surface area contributed by atoms with Gasteiger partial charge in [0.1, 0.15) is 0 Å². The molecule has 1 heterocycles. The molecule has 0 unspecified atom stereocenters. The van der Waals surface area contributed by atoms with E-state index in [0.29, 0.717) is 11.3 Å². The third-order valence-corrected chi connectivity index (χ3v) is 4.02. The maximum Gasteiger partial charge on any atom is 0.257 e. The number of pyridine rings is 1. The number of rotatable bonds is 3. The van der Waals surface area contributed by atoms with Crippen LogP contribution >= 0.6 is 0 Å². The summed E-state index contributed by atoms with van der Waals surface area (Å²) in [6.45, 7) is 0. The number of nitrogens with zero attached hydrogens (tertiary/aromatic N) is 1. The molecule has 21 heavy (non-hydrogen) atoms. The van der Waals surface area contributed by atoms with Gasteiger partial charge in [0.2, 0.25) is 5.56 Å². The molecule has 0 saturated carbocycles. The number of aryl methyl sites for hydroxylation is 1. The SMILES string of the molecule is Cn1cc(C(=O)Nc2ccc(S(C)(=O)=O)cc2)ccc1=O. The molecule has 0 spiro atoms. The van der Waals surface area contributed by atoms with Crippen molar-refractivity contribution in [3.05, 3.63) is 58.5 Å². The Morgan fingerprint density at radius 2 is 1.71 bits per heavy atom. The van der Waals surface area contributed by atoms with Gasteiger partial charge in [-0.1, -0.05) is 0 Å². The summed E-state index contributed by atoms with van der Waals surface area (Å²) in [5, 5.41) is 2.63. The number of aromatic nitrogens is 1. The fourth-order valence-electron chi connectivity index (χ4n) is 1.72. The largest absolute Gasteiger partial charge is 0.322 e. The van der Waals surface area contributed by atoms with Crippen LogP contribution in [0.4, 0.5) is 5.69 Å². The molecule has 0 saturated heterocycles. The van der Waals surface area contributed by atoms with Gasteiger partial charge in [0.15, 0.2) is 9.84 Å². The third kappa shape index (κ3) is 3.57. The Labute approximate surface area is 122 Å². The molecule has 0 radical (unpaired) electrons. The van der Waals surface area contributed by atoms with Crippen LogP contribution in [0.3, 0.4) is 0 Å². The lowest BCUT2D eigenvalue weighted by molar-refractivity contribution is 0.102. The van der Waals surface area contributed by atoms with E-state index in [4.69, 9.17) is 0 Å². The highest BCUT2D eigenvalue weighted by atomic mass is 32.2. The number of nitrogens with one attached hydrogen (secondary N) is 1. The minimum absolute atomic E-state index is 0.183. The van der Waals surface area contributed by atoms with Gasteiger partial charge < -0.3 is 9.88 Å². The van der Waals surface area contributed by atoms with E-state index in [1.807, 2.05) is 0 Å². The van der Waals surface area contributed by atoms with Crippen LogP contribution in [0.5, 0.6) is 0 Å². The summed E-state index contributed by atoms with van der Waals surface area (Å²) in [6, 6.07) is 8.61. The summed E-state index contributed by atoms with van der Waals surface area (Å²) in [7, 11) is -1.71. The van der Waals surface area contributed by atoms with E-state index < -0.39 is 9.84 Å². The molecule has 2 rings (SSSR count). The summed E-state index contributed by atoms with van der Waals surface area (Å²) in [6.07, 6.45) is 2.55. The fraction of sp³-hybridized carbons (Fsp3) is 0.143. The highest BCUT2D eigenvalue weighted by molar-refractivity contribution is 7.90. The Morgan fingerprint density at radius 1 is 1.10 bits per heavy atom. The van der Waals surface area contributed by atoms with Gasteiger partial charge in [-0.3, -0.25) is 9.59 Å². The smallest absolute Gasteiger partial charge is 0.257 e. The van der Waals surface area contributed by atoms with Crippen LogP contribution in [0.2, 0.25) is 0 Å². The lowest BCUT2D eigenvalue weighted by atomic mass is 10.2. The van der Waals surface area contributed by atoms with Gasteiger partial charge in [-0.15, -0.1) is 0 Å². The molecule has 0 atom stereocenters. The van der Waals surface area contributed by atoms with Crippen LogP contribution in [-0.2, 0) is 16.9 Å². The molecular formula is C14H14N2O4S. The Hall–Kier alpha value is -2.41. The van der Waals surface area contributed by atoms with E-state index >= 15 is 0 Å². The Balaban J connectivity index is 2.19. The minimum atomic E-state index is -3.26. The number of hydrogen-bond donors (Lipinski definition) is 1. The molecule has 1 aromatic carbocycles. The van der Waals surface area contributed by atoms with Crippen LogP contribution < -0.4 is 10.9 Å². The molecule has 0 aliphatic rings. The normalized spacial score (nSPS) is 11.1. The Kier molecular flexibility index (Phi) is 3.95. The van der Waals surface area contributed by atoms with E-state index in [0.717, 1.165) is 6.26 Å². The maximum atomic E-state index is 12.0. The van der Waals surface area contributed by atoms with Gasteiger partial charge in [0.05, 0.1) is 10.5 Å². The summed E-state index contributed by atoms with van der Waals surface area (Å²) in [5.41, 5.74) is 0.606. The zero-order chi connectivity index (χ0) is 15.6. The average Bonchev–Trinajstić information content (AvgIpc) is 2.41. The summed E-state index contributed by atoms with van der Waals surface area (Å²) in [4.78, 5) is 23.5. The molecule has 0 bridgehead atoms. The molecule has 1 amide bonds. The molecule has 0 aliphatic heterocycles. The predicted molar refractivity (Wildman–Crippen MR) is 79.2 cm³/mol. The lowest BCUT2D eigenvalue weighted by Crippen LogP contribution is -2.19. The first-order chi connectivity index (χ1) is 9.77. The van der Waals surface area contributed by atoms with E-state index in [9.17, 15) is 18.0 Å². The number of carbonyl (C=O) groups is 1. The van der Waals surface area contributed by atoms with Crippen LogP contribution in [-0.4, -0.2) is 25.1 Å². The lowest BCUT2D eigenvalue weighted by Gasteiger charge is -2.07. The van der Waals surface area contributed by atoms with Crippen LogP contribution in [0.15, 0.2) is 52.3 Å². The number of amides is 1. The minimum Gasteiger partial charge on any atom is -0.322 e. The zero-order valence-electron chi connectivity index (χ0n) is 11.5. The first-order valence-corrected chi connectivity index (χ1v) is 7.95. The first kappa shape index (κ1) is 15.0. The molecule has 1 aromatic heterocycles. The van der Waals surface area contributed by atoms with Crippen molar-refractivity contribution < 1.29 is 13.2 Å². The van der Waals surface area contributed by atoms with Crippen molar-refractivity contribution in [2.24, 2.45) is 7.05 Å². The second-order valence-corrected chi connectivity index (χ2v) is 6.63. The Morgan fingerprint density at radius 3 is 2.24 bits per heavy atom. The van der Waals surface area contributed by atoms with Crippen molar-refractivity contribution in [1.29, 1.82) is 0 Å². The van der Waals surface area contributed by atoms with Crippen molar-refractivity contribution in [2.75, 3.05) is 11.6 Å². The van der Waals surface area contributed by atoms with E-state index in [1.165, 1.54) is 47.2 Å². The van der Waals surface area contributed by atoms with Gasteiger partial charge in [-0.25, -0.2) is 8.42 Å². The molecule has 2 aromatic rings. The van der Waals surface area contributed by atoms with Crippen molar-refractivity contribution >= 4 is 21.4 Å². The van der Waals surface area contributed by atoms with Crippen molar-refractivity contribution in [3.8, 4) is 0 Å². The van der Waals surface area contributed by atoms with Crippen molar-refractivity contribution in [1.82, 2.24) is 4.57 Å². The Bertz CT molecular complexity index is 836. The molecule has 110 valence electrons. The molecule has 1 N–H and O–H groups in total. The third-order valence-electron chi connectivity index (χ3n) is 2.89. The number of hydrogen-bond acceptors (Lipinski definition) is 4. The predicted octanol–water partition coefficient (Wildman–Crippen LogP) is 1.04. The monoisotopic (exact) mass is 306 g/mol. The average molecular weight is 306 g/mol. The topological polar surface area (TPSA) is 85.2 Å². The quantitative estimate of drug-likeness (QED) is 0.918. The zero-order valence-corrected chi connectivity index (χ0v) is 12.3. The number of sulfone groups is 1. The summed E-state index contributed by atoms with van der Waals surface area (Å²) < 4.78 is 24.0. The highest BCUT2D eigenvalue weighted by Crippen LogP contribution is 2.14. The molecule has 6 nitrogen and oxygen atoms in total. The van der Waals surface area contributed by atoms with Gasteiger partial charge in [0.25, 0.3) is 5.91 Å². The van der Waals surface area contributed by atoms with Crippen molar-refractivity contribution in [2.45, 2.75) is 4.90 Å². The molecule has 7 heteroatoms. The van der Waals surface area contributed by atoms with Crippen LogP contribution in [0.1, 0.15) is 10.4 Å².